The van der Waals surface area contributed by atoms with E-state index in [9.17, 15) is 18.7 Å². The Labute approximate surface area is 188 Å². The summed E-state index contributed by atoms with van der Waals surface area (Å²) in [7, 11) is -7.87. The van der Waals surface area contributed by atoms with E-state index in [-0.39, 0.29) is 46.2 Å². The van der Waals surface area contributed by atoms with E-state index >= 15 is 0 Å². The minimum atomic E-state index is -3.93. The van der Waals surface area contributed by atoms with Crippen molar-refractivity contribution in [1.29, 1.82) is 0 Å². The predicted octanol–water partition coefficient (Wildman–Crippen LogP) is 4.16. The first kappa shape index (κ1) is 26.9. The van der Waals surface area contributed by atoms with Crippen molar-refractivity contribution in [2.45, 2.75) is 33.1 Å². The van der Waals surface area contributed by atoms with Crippen LogP contribution in [0.3, 0.4) is 0 Å². The predicted molar refractivity (Wildman–Crippen MR) is 118 cm³/mol. The second-order valence-corrected chi connectivity index (χ2v) is 11.5. The first-order valence-corrected chi connectivity index (χ1v) is 13.8. The van der Waals surface area contributed by atoms with Gasteiger partial charge in [-0.1, -0.05) is 12.1 Å². The molecule has 180 valence electrons. The zero-order valence-corrected chi connectivity index (χ0v) is 20.6. The highest BCUT2D eigenvalue weighted by Crippen LogP contribution is 2.70. The minimum absolute atomic E-state index is 0.0276. The molecule has 0 bridgehead atoms. The molecule has 1 aliphatic rings. The van der Waals surface area contributed by atoms with E-state index in [1.165, 1.54) is 0 Å². The maximum absolute atomic E-state index is 13.4. The van der Waals surface area contributed by atoms with Gasteiger partial charge in [0.05, 0.1) is 57.3 Å². The number of hydrogen-bond donors (Lipinski definition) is 0. The maximum Gasteiger partial charge on any atom is 0.348 e. The lowest BCUT2D eigenvalue weighted by Gasteiger charge is -2.31. The number of nitrogens with zero attached hydrogens (tertiary/aromatic N) is 1. The number of carbonyl (C=O) groups excluding carboxylic acids is 2. The fourth-order valence-corrected chi connectivity index (χ4v) is 8.32. The molecule has 2 rings (SSSR count). The third-order valence-electron chi connectivity index (χ3n) is 4.57. The van der Waals surface area contributed by atoms with E-state index in [1.54, 1.807) is 52.0 Å². The van der Waals surface area contributed by atoms with Gasteiger partial charge in [-0.2, -0.15) is 0 Å². The Kier molecular flexibility index (Phi) is 10.2. The zero-order chi connectivity index (χ0) is 23.8. The van der Waals surface area contributed by atoms with Crippen molar-refractivity contribution in [3.05, 3.63) is 35.4 Å². The Morgan fingerprint density at radius 3 is 1.56 bits per heavy atom. The normalized spacial score (nSPS) is 14.5. The van der Waals surface area contributed by atoms with Gasteiger partial charge in [-0.15, -0.1) is 0 Å². The molecule has 1 aromatic rings. The van der Waals surface area contributed by atoms with Gasteiger partial charge in [-0.05, 0) is 39.8 Å². The topological polar surface area (TPSA) is 118 Å². The number of imide groups is 1. The van der Waals surface area contributed by atoms with Crippen LogP contribution in [-0.4, -0.2) is 68.3 Å². The summed E-state index contributed by atoms with van der Waals surface area (Å²) >= 11 is 0. The van der Waals surface area contributed by atoms with Crippen molar-refractivity contribution in [2.24, 2.45) is 0 Å². The summed E-state index contributed by atoms with van der Waals surface area (Å²) < 4.78 is 54.0. The van der Waals surface area contributed by atoms with E-state index in [4.69, 9.17) is 22.8 Å². The highest BCUT2D eigenvalue weighted by atomic mass is 31.2. The highest BCUT2D eigenvalue weighted by molar-refractivity contribution is 7.72. The third kappa shape index (κ3) is 5.94. The number of hydrogen-bond acceptors (Lipinski definition) is 9. The fraction of sp³-hybridized carbons (Fsp3) is 0.600. The van der Waals surface area contributed by atoms with Gasteiger partial charge in [0.15, 0.2) is 5.40 Å². The second kappa shape index (κ2) is 12.2. The molecule has 0 aromatic heterocycles. The molecule has 0 saturated carbocycles. The van der Waals surface area contributed by atoms with E-state index < -0.39 is 32.4 Å². The number of carbonyl (C=O) groups is 2. The van der Waals surface area contributed by atoms with E-state index in [0.717, 1.165) is 4.90 Å². The average Bonchev–Trinajstić information content (AvgIpc) is 2.99. The van der Waals surface area contributed by atoms with Gasteiger partial charge in [0, 0.05) is 0 Å². The van der Waals surface area contributed by atoms with Gasteiger partial charge >= 0.3 is 15.2 Å². The van der Waals surface area contributed by atoms with Gasteiger partial charge in [-0.3, -0.25) is 23.6 Å². The van der Waals surface area contributed by atoms with Gasteiger partial charge < -0.3 is 22.8 Å². The van der Waals surface area contributed by atoms with Crippen LogP contribution >= 0.6 is 15.2 Å². The van der Waals surface area contributed by atoms with Crippen molar-refractivity contribution >= 4 is 27.0 Å². The molecule has 1 heterocycles. The van der Waals surface area contributed by atoms with Crippen LogP contribution in [0.15, 0.2) is 24.3 Å². The van der Waals surface area contributed by atoms with E-state index in [1.807, 2.05) is 0 Å². The molecular weight excluding hydrogens is 460 g/mol. The molecule has 0 atom stereocenters. The molecule has 10 nitrogen and oxygen atoms in total. The van der Waals surface area contributed by atoms with Crippen molar-refractivity contribution in [2.75, 3.05) is 46.2 Å². The number of fused-ring (bicyclic) bond motifs is 1. The number of rotatable bonds is 15. The standard InChI is InChI=1S/C20H31NO9P2/c1-5-27-31(24,28-6-2)18(32(25,29-7-3)30-8-4)15-26-14-13-21-19(22)16-11-9-10-12-17(16)20(21)23/h9-12,18H,5-8,13-15H2,1-4H3. The molecule has 2 amide bonds. The monoisotopic (exact) mass is 491 g/mol. The Morgan fingerprint density at radius 2 is 1.19 bits per heavy atom. The van der Waals surface area contributed by atoms with E-state index in [0.29, 0.717) is 11.1 Å². The Morgan fingerprint density at radius 1 is 0.781 bits per heavy atom. The summed E-state index contributed by atoms with van der Waals surface area (Å²) in [6.45, 7) is 6.34. The van der Waals surface area contributed by atoms with Crippen LogP contribution in [0.25, 0.3) is 0 Å². The SMILES string of the molecule is CCOP(=O)(OCC)C(COCCN1C(=O)c2ccccc2C1=O)P(=O)(OCC)OCC. The lowest BCUT2D eigenvalue weighted by Crippen LogP contribution is -2.33. The van der Waals surface area contributed by atoms with Gasteiger partial charge in [0.25, 0.3) is 11.8 Å². The second-order valence-electron chi connectivity index (χ2n) is 6.61. The average molecular weight is 491 g/mol. The molecule has 0 saturated heterocycles. The Balaban J connectivity index is 2.13. The molecule has 1 aliphatic heterocycles. The van der Waals surface area contributed by atoms with Crippen LogP contribution < -0.4 is 0 Å². The molecule has 12 heteroatoms. The van der Waals surface area contributed by atoms with Crippen molar-refractivity contribution in [1.82, 2.24) is 4.90 Å². The van der Waals surface area contributed by atoms with Crippen LogP contribution in [0, 0.1) is 0 Å². The van der Waals surface area contributed by atoms with Gasteiger partial charge in [0.1, 0.15) is 0 Å². The Hall–Kier alpha value is -1.38. The largest absolute Gasteiger partial charge is 0.378 e. The summed E-state index contributed by atoms with van der Waals surface area (Å²) in [5.74, 6) is -0.816. The molecular formula is C20H31NO9P2. The summed E-state index contributed by atoms with van der Waals surface area (Å²) in [4.78, 5) is 26.0. The minimum Gasteiger partial charge on any atom is -0.378 e. The van der Waals surface area contributed by atoms with Gasteiger partial charge in [-0.25, -0.2) is 0 Å². The Bertz CT molecular complexity index is 807. The first-order chi connectivity index (χ1) is 15.3. The molecule has 0 N–H and O–H groups in total. The van der Waals surface area contributed by atoms with Crippen LogP contribution in [-0.2, 0) is 32.0 Å². The van der Waals surface area contributed by atoms with Crippen LogP contribution in [0.4, 0.5) is 0 Å². The molecule has 32 heavy (non-hydrogen) atoms. The molecule has 0 fully saturated rings. The van der Waals surface area contributed by atoms with E-state index in [2.05, 4.69) is 0 Å². The summed E-state index contributed by atoms with van der Waals surface area (Å²) in [6.07, 6.45) is 0. The highest BCUT2D eigenvalue weighted by Gasteiger charge is 2.51. The third-order valence-corrected chi connectivity index (χ3v) is 10.5. The van der Waals surface area contributed by atoms with Crippen LogP contribution in [0.2, 0.25) is 0 Å². The summed E-state index contributed by atoms with van der Waals surface area (Å²) in [6, 6.07) is 6.56. The lowest BCUT2D eigenvalue weighted by atomic mass is 10.1. The van der Waals surface area contributed by atoms with Crippen molar-refractivity contribution in [3.63, 3.8) is 0 Å². The lowest BCUT2D eigenvalue weighted by molar-refractivity contribution is 0.0557. The number of amides is 2. The van der Waals surface area contributed by atoms with Crippen molar-refractivity contribution in [3.8, 4) is 0 Å². The molecule has 0 aliphatic carbocycles. The quantitative estimate of drug-likeness (QED) is 0.202. The fourth-order valence-electron chi connectivity index (χ4n) is 3.28. The van der Waals surface area contributed by atoms with Crippen LogP contribution in [0.5, 0.6) is 0 Å². The number of ether oxygens (including phenoxy) is 1. The first-order valence-electron chi connectivity index (χ1n) is 10.6. The molecule has 1 aromatic carbocycles. The summed E-state index contributed by atoms with van der Waals surface area (Å²) in [5, 5.41) is -1.32. The molecule has 0 unspecified atom stereocenters. The number of benzene rings is 1. The zero-order valence-electron chi connectivity index (χ0n) is 18.9. The van der Waals surface area contributed by atoms with Crippen molar-refractivity contribution < 1.29 is 41.6 Å². The summed E-state index contributed by atoms with van der Waals surface area (Å²) in [5.41, 5.74) is 0.675. The molecule has 0 radical (unpaired) electrons. The van der Waals surface area contributed by atoms with Crippen LogP contribution in [0.1, 0.15) is 48.4 Å². The smallest absolute Gasteiger partial charge is 0.348 e. The van der Waals surface area contributed by atoms with Gasteiger partial charge in [0.2, 0.25) is 0 Å². The maximum atomic E-state index is 13.4. The molecule has 0 spiro atoms.